The molecule has 0 aromatic carbocycles. The summed E-state index contributed by atoms with van der Waals surface area (Å²) in [7, 11) is 0. The molecule has 1 saturated heterocycles. The number of carbonyl (C=O) groups excluding carboxylic acids is 1. The van der Waals surface area contributed by atoms with Gasteiger partial charge in [-0.1, -0.05) is 13.3 Å². The van der Waals surface area contributed by atoms with Crippen molar-refractivity contribution < 1.29 is 9.53 Å². The lowest BCUT2D eigenvalue weighted by molar-refractivity contribution is 0.0459. The summed E-state index contributed by atoms with van der Waals surface area (Å²) in [6.45, 7) is 3.94. The molecule has 0 spiro atoms. The number of hydrogen-bond acceptors (Lipinski definition) is 3. The highest BCUT2D eigenvalue weighted by Gasteiger charge is 2.27. The van der Waals surface area contributed by atoms with Crippen molar-refractivity contribution in [3.8, 4) is 0 Å². The highest BCUT2D eigenvalue weighted by molar-refractivity contribution is 5.68. The minimum atomic E-state index is -0.199. The van der Waals surface area contributed by atoms with Crippen LogP contribution in [0.5, 0.6) is 0 Å². The van der Waals surface area contributed by atoms with E-state index in [1.54, 1.807) is 4.90 Å². The number of unbranched alkanes of at least 4 members (excludes halogenated alkanes) is 1. The molecule has 0 bridgehead atoms. The predicted octanol–water partition coefficient (Wildman–Crippen LogP) is 0.956. The number of hydrogen-bond donors (Lipinski definition) is 1. The second-order valence-corrected chi connectivity index (χ2v) is 3.34. The normalized spacial score (nSPS) is 23.1. The molecule has 0 saturated carbocycles. The number of amides is 1. The monoisotopic (exact) mass is 186 g/mol. The lowest BCUT2D eigenvalue weighted by Crippen LogP contribution is -2.49. The van der Waals surface area contributed by atoms with Crippen LogP contribution in [0.2, 0.25) is 0 Å². The largest absolute Gasteiger partial charge is 0.449 e. The third kappa shape index (κ3) is 2.59. The van der Waals surface area contributed by atoms with Crippen LogP contribution in [0.25, 0.3) is 0 Å². The van der Waals surface area contributed by atoms with Crippen LogP contribution in [0.1, 0.15) is 26.2 Å². The molecule has 1 unspecified atom stereocenters. The number of nitrogens with zero attached hydrogens (tertiary/aromatic N) is 1. The first-order valence-corrected chi connectivity index (χ1v) is 4.93. The summed E-state index contributed by atoms with van der Waals surface area (Å²) in [5.74, 6) is 0. The summed E-state index contributed by atoms with van der Waals surface area (Å²) < 4.78 is 4.95. The van der Waals surface area contributed by atoms with Gasteiger partial charge in [-0.15, -0.1) is 0 Å². The van der Waals surface area contributed by atoms with Crippen LogP contribution in [0.3, 0.4) is 0 Å². The standard InChI is InChI=1S/C9H18N2O2/c1-2-3-5-11-8(7-10)4-6-13-9(11)12/h8H,2-7,10H2,1H3. The molecule has 1 fully saturated rings. The Balaban J connectivity index is 2.46. The Morgan fingerprint density at radius 3 is 3.08 bits per heavy atom. The molecule has 1 aliphatic rings. The summed E-state index contributed by atoms with van der Waals surface area (Å²) in [6.07, 6.45) is 2.77. The van der Waals surface area contributed by atoms with Crippen molar-refractivity contribution in [2.75, 3.05) is 19.7 Å². The zero-order chi connectivity index (χ0) is 9.68. The summed E-state index contributed by atoms with van der Waals surface area (Å²) in [5.41, 5.74) is 5.58. The lowest BCUT2D eigenvalue weighted by Gasteiger charge is -2.34. The fourth-order valence-electron chi connectivity index (χ4n) is 1.52. The van der Waals surface area contributed by atoms with Gasteiger partial charge in [0.25, 0.3) is 0 Å². The molecular weight excluding hydrogens is 168 g/mol. The smallest absolute Gasteiger partial charge is 0.410 e. The second-order valence-electron chi connectivity index (χ2n) is 3.34. The zero-order valence-corrected chi connectivity index (χ0v) is 8.16. The van der Waals surface area contributed by atoms with Gasteiger partial charge in [-0.3, -0.25) is 0 Å². The molecule has 0 aromatic heterocycles. The molecule has 1 atom stereocenters. The molecule has 1 heterocycles. The lowest BCUT2D eigenvalue weighted by atomic mass is 10.1. The highest BCUT2D eigenvalue weighted by Crippen LogP contribution is 2.13. The van der Waals surface area contributed by atoms with Gasteiger partial charge in [-0.25, -0.2) is 4.79 Å². The quantitative estimate of drug-likeness (QED) is 0.711. The number of ether oxygens (including phenoxy) is 1. The van der Waals surface area contributed by atoms with Crippen molar-refractivity contribution in [3.05, 3.63) is 0 Å². The van der Waals surface area contributed by atoms with Crippen LogP contribution in [0.4, 0.5) is 4.79 Å². The third-order valence-electron chi connectivity index (χ3n) is 2.38. The molecule has 76 valence electrons. The van der Waals surface area contributed by atoms with Crippen LogP contribution in [-0.2, 0) is 4.74 Å². The second kappa shape index (κ2) is 5.07. The van der Waals surface area contributed by atoms with E-state index >= 15 is 0 Å². The summed E-state index contributed by atoms with van der Waals surface area (Å²) in [6, 6.07) is 0.188. The van der Waals surface area contributed by atoms with E-state index in [0.717, 1.165) is 25.8 Å². The number of rotatable bonds is 4. The molecule has 0 radical (unpaired) electrons. The molecule has 0 aliphatic carbocycles. The van der Waals surface area contributed by atoms with Crippen LogP contribution >= 0.6 is 0 Å². The van der Waals surface area contributed by atoms with Gasteiger partial charge < -0.3 is 15.4 Å². The molecule has 13 heavy (non-hydrogen) atoms. The number of cyclic esters (lactones) is 1. The minimum Gasteiger partial charge on any atom is -0.449 e. The molecule has 1 aliphatic heterocycles. The summed E-state index contributed by atoms with van der Waals surface area (Å²) in [4.78, 5) is 13.1. The van der Waals surface area contributed by atoms with Crippen molar-refractivity contribution in [1.29, 1.82) is 0 Å². The molecular formula is C9H18N2O2. The fraction of sp³-hybridized carbons (Fsp3) is 0.889. The van der Waals surface area contributed by atoms with Gasteiger partial charge in [0.2, 0.25) is 0 Å². The SMILES string of the molecule is CCCCN1C(=O)OCCC1CN. The predicted molar refractivity (Wildman–Crippen MR) is 50.4 cm³/mol. The van der Waals surface area contributed by atoms with Gasteiger partial charge in [-0.2, -0.15) is 0 Å². The van der Waals surface area contributed by atoms with Crippen molar-refractivity contribution in [2.24, 2.45) is 5.73 Å². The molecule has 4 nitrogen and oxygen atoms in total. The van der Waals surface area contributed by atoms with Gasteiger partial charge in [0, 0.05) is 19.5 Å². The topological polar surface area (TPSA) is 55.6 Å². The average molecular weight is 186 g/mol. The Hall–Kier alpha value is -0.770. The van der Waals surface area contributed by atoms with E-state index in [0.29, 0.717) is 13.2 Å². The Bertz CT molecular complexity index is 173. The third-order valence-corrected chi connectivity index (χ3v) is 2.38. The van der Waals surface area contributed by atoms with Crippen molar-refractivity contribution >= 4 is 6.09 Å². The van der Waals surface area contributed by atoms with E-state index in [1.807, 2.05) is 0 Å². The molecule has 2 N–H and O–H groups in total. The van der Waals surface area contributed by atoms with E-state index in [9.17, 15) is 4.79 Å². The fourth-order valence-corrected chi connectivity index (χ4v) is 1.52. The van der Waals surface area contributed by atoms with E-state index in [4.69, 9.17) is 10.5 Å². The molecule has 4 heteroatoms. The number of carbonyl (C=O) groups is 1. The minimum absolute atomic E-state index is 0.188. The Morgan fingerprint density at radius 2 is 2.46 bits per heavy atom. The van der Waals surface area contributed by atoms with Crippen molar-refractivity contribution in [1.82, 2.24) is 4.90 Å². The van der Waals surface area contributed by atoms with Gasteiger partial charge in [0.1, 0.15) is 0 Å². The highest BCUT2D eigenvalue weighted by atomic mass is 16.6. The molecule has 0 aromatic rings. The zero-order valence-electron chi connectivity index (χ0n) is 8.16. The van der Waals surface area contributed by atoms with Crippen LogP contribution in [0.15, 0.2) is 0 Å². The molecule has 1 amide bonds. The first kappa shape index (κ1) is 10.3. The van der Waals surface area contributed by atoms with Crippen LogP contribution < -0.4 is 5.73 Å². The van der Waals surface area contributed by atoms with E-state index in [1.165, 1.54) is 0 Å². The summed E-state index contributed by atoms with van der Waals surface area (Å²) >= 11 is 0. The van der Waals surface area contributed by atoms with E-state index in [-0.39, 0.29) is 12.1 Å². The van der Waals surface area contributed by atoms with Crippen molar-refractivity contribution in [2.45, 2.75) is 32.2 Å². The van der Waals surface area contributed by atoms with Gasteiger partial charge >= 0.3 is 6.09 Å². The maximum atomic E-state index is 11.3. The van der Waals surface area contributed by atoms with Crippen molar-refractivity contribution in [3.63, 3.8) is 0 Å². The van der Waals surface area contributed by atoms with Crippen LogP contribution in [0, 0.1) is 0 Å². The van der Waals surface area contributed by atoms with Gasteiger partial charge in [-0.05, 0) is 6.42 Å². The van der Waals surface area contributed by atoms with E-state index < -0.39 is 0 Å². The van der Waals surface area contributed by atoms with E-state index in [2.05, 4.69) is 6.92 Å². The first-order valence-electron chi connectivity index (χ1n) is 4.93. The first-order chi connectivity index (χ1) is 6.29. The maximum absolute atomic E-state index is 11.3. The number of nitrogens with two attached hydrogens (primary N) is 1. The maximum Gasteiger partial charge on any atom is 0.410 e. The average Bonchev–Trinajstić information content (AvgIpc) is 2.15. The molecule has 1 rings (SSSR count). The Morgan fingerprint density at radius 1 is 1.69 bits per heavy atom. The Labute approximate surface area is 79.0 Å². The van der Waals surface area contributed by atoms with Gasteiger partial charge in [0.15, 0.2) is 0 Å². The summed E-state index contributed by atoms with van der Waals surface area (Å²) in [5, 5.41) is 0. The Kier molecular flexibility index (Phi) is 4.02. The van der Waals surface area contributed by atoms with Gasteiger partial charge in [0.05, 0.1) is 12.6 Å². The van der Waals surface area contributed by atoms with Crippen LogP contribution in [-0.4, -0.2) is 36.7 Å².